The van der Waals surface area contributed by atoms with Crippen LogP contribution in [0.1, 0.15) is 44.1 Å². The molecule has 0 radical (unpaired) electrons. The Kier molecular flexibility index (Phi) is 7.23. The Balaban J connectivity index is 1.67. The van der Waals surface area contributed by atoms with Gasteiger partial charge >= 0.3 is 5.97 Å². The first kappa shape index (κ1) is 22.9. The van der Waals surface area contributed by atoms with E-state index in [1.807, 2.05) is 47.0 Å². The molecule has 172 valence electrons. The molecule has 0 N–H and O–H groups in total. The number of rotatable bonds is 5. The highest BCUT2D eigenvalue weighted by atomic mass is 32.2. The number of carbonyl (C=O) groups excluding carboxylic acids is 3. The van der Waals surface area contributed by atoms with E-state index in [-0.39, 0.29) is 24.2 Å². The van der Waals surface area contributed by atoms with Gasteiger partial charge in [0.1, 0.15) is 5.41 Å². The number of esters is 1. The van der Waals surface area contributed by atoms with Gasteiger partial charge in [-0.1, -0.05) is 42.8 Å². The predicted molar refractivity (Wildman–Crippen MR) is 125 cm³/mol. The van der Waals surface area contributed by atoms with Crippen molar-refractivity contribution < 1.29 is 19.1 Å². The zero-order valence-corrected chi connectivity index (χ0v) is 19.6. The van der Waals surface area contributed by atoms with Crippen molar-refractivity contribution in [2.24, 2.45) is 11.3 Å². The molecule has 2 fully saturated rings. The number of thioether (sulfide) groups is 1. The molecule has 0 saturated carbocycles. The summed E-state index contributed by atoms with van der Waals surface area (Å²) in [5.74, 6) is 1.02. The molecule has 2 saturated heterocycles. The molecular formula is C25H32N2O4S. The van der Waals surface area contributed by atoms with Gasteiger partial charge in [-0.25, -0.2) is 0 Å². The minimum Gasteiger partial charge on any atom is -0.468 e. The lowest BCUT2D eigenvalue weighted by molar-refractivity contribution is -0.160. The van der Waals surface area contributed by atoms with E-state index in [2.05, 4.69) is 6.08 Å². The number of ether oxygens (including phenoxy) is 1. The summed E-state index contributed by atoms with van der Waals surface area (Å²) in [6.45, 7) is 1.85. The van der Waals surface area contributed by atoms with Crippen molar-refractivity contribution >= 4 is 29.5 Å². The van der Waals surface area contributed by atoms with Gasteiger partial charge in [-0.2, -0.15) is 11.8 Å². The summed E-state index contributed by atoms with van der Waals surface area (Å²) >= 11 is 1.85. The second-order valence-electron chi connectivity index (χ2n) is 8.92. The molecule has 1 aromatic carbocycles. The van der Waals surface area contributed by atoms with Gasteiger partial charge in [0.25, 0.3) is 0 Å². The number of benzene rings is 1. The van der Waals surface area contributed by atoms with Gasteiger partial charge in [-0.3, -0.25) is 14.4 Å². The third-order valence-corrected chi connectivity index (χ3v) is 7.87. The van der Waals surface area contributed by atoms with Crippen LogP contribution < -0.4 is 0 Å². The van der Waals surface area contributed by atoms with Gasteiger partial charge in [0.05, 0.1) is 13.7 Å². The fourth-order valence-corrected chi connectivity index (χ4v) is 6.19. The number of hydrogen-bond donors (Lipinski definition) is 0. The number of amides is 2. The quantitative estimate of drug-likeness (QED) is 0.633. The lowest BCUT2D eigenvalue weighted by Crippen LogP contribution is -2.53. The van der Waals surface area contributed by atoms with Crippen molar-refractivity contribution in [1.82, 2.24) is 9.80 Å². The molecule has 3 aliphatic rings. The standard InChI is InChI=1S/C25H32N2O4S/c1-31-24(30)25-11-7-3-6-10-21(25)27(18-19-8-4-2-5-9-19)23(29)20(17-25)16-22(28)26-12-14-32-15-13-26/h2,4-5,8-10,20H,3,6-7,11-18H2,1H3/t20-,25+/m1/s1. The van der Waals surface area contributed by atoms with Crippen LogP contribution in [-0.4, -0.2) is 59.3 Å². The topological polar surface area (TPSA) is 66.9 Å². The molecule has 0 bridgehead atoms. The molecule has 0 unspecified atom stereocenters. The monoisotopic (exact) mass is 456 g/mol. The second kappa shape index (κ2) is 10.1. The third-order valence-electron chi connectivity index (χ3n) is 6.93. The van der Waals surface area contributed by atoms with Crippen LogP contribution in [0.5, 0.6) is 0 Å². The molecule has 6 nitrogen and oxygen atoms in total. The van der Waals surface area contributed by atoms with Crippen LogP contribution in [0.3, 0.4) is 0 Å². The van der Waals surface area contributed by atoms with E-state index in [1.165, 1.54) is 7.11 Å². The highest BCUT2D eigenvalue weighted by Crippen LogP contribution is 2.49. The summed E-state index contributed by atoms with van der Waals surface area (Å²) in [5.41, 5.74) is 0.912. The molecule has 2 aliphatic heterocycles. The summed E-state index contributed by atoms with van der Waals surface area (Å²) in [5, 5.41) is 0. The van der Waals surface area contributed by atoms with Gasteiger partial charge in [-0.05, 0) is 31.2 Å². The fourth-order valence-electron chi connectivity index (χ4n) is 5.28. The first-order valence-electron chi connectivity index (χ1n) is 11.5. The molecule has 0 spiro atoms. The molecule has 1 aliphatic carbocycles. The van der Waals surface area contributed by atoms with Crippen molar-refractivity contribution in [3.8, 4) is 0 Å². The van der Waals surface area contributed by atoms with Gasteiger partial charge in [0, 0.05) is 42.6 Å². The molecular weight excluding hydrogens is 424 g/mol. The van der Waals surface area contributed by atoms with E-state index in [1.54, 1.807) is 4.90 Å². The van der Waals surface area contributed by atoms with E-state index in [4.69, 9.17) is 4.74 Å². The lowest BCUT2D eigenvalue weighted by atomic mass is 9.69. The molecule has 1 aromatic rings. The number of hydrogen-bond acceptors (Lipinski definition) is 5. The van der Waals surface area contributed by atoms with Crippen LogP contribution in [0.25, 0.3) is 0 Å². The van der Waals surface area contributed by atoms with Gasteiger partial charge in [0.2, 0.25) is 11.8 Å². The Labute approximate surface area is 194 Å². The maximum absolute atomic E-state index is 13.7. The van der Waals surface area contributed by atoms with Gasteiger partial charge < -0.3 is 14.5 Å². The van der Waals surface area contributed by atoms with Crippen LogP contribution in [0.4, 0.5) is 0 Å². The number of nitrogens with zero attached hydrogens (tertiary/aromatic N) is 2. The second-order valence-corrected chi connectivity index (χ2v) is 10.1. The summed E-state index contributed by atoms with van der Waals surface area (Å²) in [7, 11) is 1.42. The van der Waals surface area contributed by atoms with Crippen molar-refractivity contribution in [1.29, 1.82) is 0 Å². The van der Waals surface area contributed by atoms with Crippen molar-refractivity contribution in [2.75, 3.05) is 31.7 Å². The van der Waals surface area contributed by atoms with Crippen LogP contribution >= 0.6 is 11.8 Å². The maximum atomic E-state index is 13.7. The zero-order chi connectivity index (χ0) is 22.6. The van der Waals surface area contributed by atoms with Gasteiger partial charge in [-0.15, -0.1) is 0 Å². The Morgan fingerprint density at radius 2 is 1.91 bits per heavy atom. The van der Waals surface area contributed by atoms with Crippen LogP contribution in [0.2, 0.25) is 0 Å². The Morgan fingerprint density at radius 3 is 2.62 bits per heavy atom. The minimum atomic E-state index is -0.864. The van der Waals surface area contributed by atoms with E-state index in [0.29, 0.717) is 19.4 Å². The third kappa shape index (κ3) is 4.58. The number of piperidine rings is 1. The smallest absolute Gasteiger partial charge is 0.317 e. The maximum Gasteiger partial charge on any atom is 0.317 e. The van der Waals surface area contributed by atoms with Crippen LogP contribution in [0, 0.1) is 11.3 Å². The largest absolute Gasteiger partial charge is 0.468 e. The Morgan fingerprint density at radius 1 is 1.16 bits per heavy atom. The first-order valence-corrected chi connectivity index (χ1v) is 12.7. The van der Waals surface area contributed by atoms with E-state index in [9.17, 15) is 14.4 Å². The molecule has 2 amide bonds. The zero-order valence-electron chi connectivity index (χ0n) is 18.8. The lowest BCUT2D eigenvalue weighted by Gasteiger charge is -2.46. The van der Waals surface area contributed by atoms with Crippen LogP contribution in [0.15, 0.2) is 42.1 Å². The summed E-state index contributed by atoms with van der Waals surface area (Å²) in [6.07, 6.45) is 5.92. The number of carbonyl (C=O) groups is 3. The number of likely N-dealkylation sites (tertiary alicyclic amines) is 1. The highest BCUT2D eigenvalue weighted by Gasteiger charge is 2.54. The predicted octanol–water partition coefficient (Wildman–Crippen LogP) is 3.62. The summed E-state index contributed by atoms with van der Waals surface area (Å²) in [6, 6.07) is 9.83. The molecule has 0 aromatic heterocycles. The minimum absolute atomic E-state index is 0.0179. The van der Waals surface area contributed by atoms with E-state index < -0.39 is 11.3 Å². The Hall–Kier alpha value is -2.28. The van der Waals surface area contributed by atoms with Crippen LogP contribution in [-0.2, 0) is 25.7 Å². The number of fused-ring (bicyclic) bond motifs is 1. The van der Waals surface area contributed by atoms with Crippen molar-refractivity contribution in [2.45, 2.75) is 45.1 Å². The summed E-state index contributed by atoms with van der Waals surface area (Å²) < 4.78 is 5.29. The molecule has 32 heavy (non-hydrogen) atoms. The highest BCUT2D eigenvalue weighted by molar-refractivity contribution is 7.99. The molecule has 2 atom stereocenters. The van der Waals surface area contributed by atoms with E-state index in [0.717, 1.165) is 55.1 Å². The summed E-state index contributed by atoms with van der Waals surface area (Å²) in [4.78, 5) is 43.6. The average Bonchev–Trinajstić information content (AvgIpc) is 3.05. The Bertz CT molecular complexity index is 881. The van der Waals surface area contributed by atoms with E-state index >= 15 is 0 Å². The number of allylic oxidation sites excluding steroid dienone is 1. The molecule has 2 heterocycles. The SMILES string of the molecule is COC(=O)[C@]12CCCCC=C1N(Cc1ccccc1)C(=O)[C@H](CC(=O)N1CCSCC1)C2. The number of methoxy groups -OCH3 is 1. The van der Waals surface area contributed by atoms with Crippen molar-refractivity contribution in [3.63, 3.8) is 0 Å². The molecule has 4 rings (SSSR count). The normalized spacial score (nSPS) is 26.1. The average molecular weight is 457 g/mol. The first-order chi connectivity index (χ1) is 15.5. The van der Waals surface area contributed by atoms with Crippen molar-refractivity contribution in [3.05, 3.63) is 47.7 Å². The molecule has 7 heteroatoms. The fraction of sp³-hybridized carbons (Fsp3) is 0.560. The van der Waals surface area contributed by atoms with Gasteiger partial charge in [0.15, 0.2) is 0 Å².